The van der Waals surface area contributed by atoms with Crippen LogP contribution < -0.4 is 10.0 Å². The second-order valence-corrected chi connectivity index (χ2v) is 7.55. The van der Waals surface area contributed by atoms with Gasteiger partial charge >= 0.3 is 0 Å². The zero-order chi connectivity index (χ0) is 15.3. The summed E-state index contributed by atoms with van der Waals surface area (Å²) in [6, 6.07) is -0.576. The molecule has 0 spiro atoms. The van der Waals surface area contributed by atoms with E-state index in [0.717, 1.165) is 11.3 Å². The van der Waals surface area contributed by atoms with Gasteiger partial charge in [0.05, 0.1) is 6.61 Å². The Labute approximate surface area is 121 Å². The van der Waals surface area contributed by atoms with Crippen LogP contribution in [-0.2, 0) is 14.8 Å². The first-order valence-electron chi connectivity index (χ1n) is 5.99. The molecular weight excluding hydrogens is 304 g/mol. The number of amides is 1. The summed E-state index contributed by atoms with van der Waals surface area (Å²) in [6.07, 6.45) is 0.507. The molecule has 1 heterocycles. The number of aromatic nitrogens is 2. The molecule has 1 atom stereocenters. The monoisotopic (exact) mass is 322 g/mol. The van der Waals surface area contributed by atoms with Crippen molar-refractivity contribution in [2.45, 2.75) is 37.6 Å². The van der Waals surface area contributed by atoms with Crippen molar-refractivity contribution in [2.24, 2.45) is 5.92 Å². The summed E-state index contributed by atoms with van der Waals surface area (Å²) in [4.78, 5) is 10.8. The highest BCUT2D eigenvalue weighted by atomic mass is 32.2. The van der Waals surface area contributed by atoms with E-state index in [9.17, 15) is 18.3 Å². The molecule has 0 saturated carbocycles. The van der Waals surface area contributed by atoms with Crippen LogP contribution in [0.4, 0.5) is 5.13 Å². The summed E-state index contributed by atoms with van der Waals surface area (Å²) in [5.41, 5.74) is 0. The standard InChI is InChI=1S/C10H18N4O4S2/c1-6(2)4-8(5-15)14-20(17,18)10-13-12-9(19-10)11-7(3)16/h6,8,14-15H,4-5H2,1-3H3,(H,11,12,16). The lowest BCUT2D eigenvalue weighted by molar-refractivity contribution is -0.114. The van der Waals surface area contributed by atoms with Gasteiger partial charge in [0.25, 0.3) is 10.0 Å². The summed E-state index contributed by atoms with van der Waals surface area (Å²) in [5.74, 6) is -0.120. The molecule has 1 unspecified atom stereocenters. The molecule has 0 aliphatic carbocycles. The molecule has 20 heavy (non-hydrogen) atoms. The van der Waals surface area contributed by atoms with Crippen LogP contribution in [0, 0.1) is 5.92 Å². The van der Waals surface area contributed by atoms with E-state index in [1.807, 2.05) is 13.8 Å². The van der Waals surface area contributed by atoms with Crippen molar-refractivity contribution in [3.8, 4) is 0 Å². The molecule has 1 aromatic heterocycles. The first-order valence-corrected chi connectivity index (χ1v) is 8.29. The lowest BCUT2D eigenvalue weighted by atomic mass is 10.1. The van der Waals surface area contributed by atoms with Gasteiger partial charge in [-0.2, -0.15) is 0 Å². The SMILES string of the molecule is CC(=O)Nc1nnc(S(=O)(=O)NC(CO)CC(C)C)s1. The highest BCUT2D eigenvalue weighted by Crippen LogP contribution is 2.20. The van der Waals surface area contributed by atoms with E-state index < -0.39 is 16.1 Å². The Morgan fingerprint density at radius 1 is 1.40 bits per heavy atom. The number of anilines is 1. The maximum atomic E-state index is 12.1. The van der Waals surface area contributed by atoms with Gasteiger partial charge in [0.1, 0.15) is 0 Å². The Kier molecular flexibility index (Phi) is 5.99. The van der Waals surface area contributed by atoms with Crippen molar-refractivity contribution in [1.82, 2.24) is 14.9 Å². The van der Waals surface area contributed by atoms with Gasteiger partial charge in [-0.3, -0.25) is 4.79 Å². The van der Waals surface area contributed by atoms with Crippen LogP contribution >= 0.6 is 11.3 Å². The molecule has 1 rings (SSSR count). The fourth-order valence-electron chi connectivity index (χ4n) is 1.52. The van der Waals surface area contributed by atoms with E-state index >= 15 is 0 Å². The minimum atomic E-state index is -3.85. The first-order chi connectivity index (χ1) is 9.24. The number of nitrogens with one attached hydrogen (secondary N) is 2. The number of aliphatic hydroxyl groups excluding tert-OH is 1. The Balaban J connectivity index is 2.82. The number of rotatable bonds is 7. The first kappa shape index (κ1) is 17.0. The maximum Gasteiger partial charge on any atom is 0.270 e. The summed E-state index contributed by atoms with van der Waals surface area (Å²) in [7, 11) is -3.85. The molecule has 0 saturated heterocycles. The number of carbonyl (C=O) groups excluding carboxylic acids is 1. The van der Waals surface area contributed by atoms with Crippen molar-refractivity contribution in [3.05, 3.63) is 0 Å². The molecule has 0 fully saturated rings. The molecular formula is C10H18N4O4S2. The van der Waals surface area contributed by atoms with Crippen LogP contribution in [0.3, 0.4) is 0 Å². The van der Waals surface area contributed by atoms with Gasteiger partial charge in [-0.15, -0.1) is 10.2 Å². The summed E-state index contributed by atoms with van der Waals surface area (Å²) in [6.45, 7) is 4.85. The van der Waals surface area contributed by atoms with Gasteiger partial charge in [0.15, 0.2) is 0 Å². The van der Waals surface area contributed by atoms with Gasteiger partial charge in [-0.05, 0) is 12.3 Å². The zero-order valence-corrected chi connectivity index (χ0v) is 13.1. The van der Waals surface area contributed by atoms with Crippen LogP contribution in [0.15, 0.2) is 4.34 Å². The molecule has 0 aliphatic heterocycles. The molecule has 1 amide bonds. The average molecular weight is 322 g/mol. The molecule has 3 N–H and O–H groups in total. The second-order valence-electron chi connectivity index (χ2n) is 4.68. The fourth-order valence-corrected chi connectivity index (χ4v) is 3.72. The highest BCUT2D eigenvalue weighted by Gasteiger charge is 2.24. The Morgan fingerprint density at radius 3 is 2.55 bits per heavy atom. The van der Waals surface area contributed by atoms with Gasteiger partial charge in [-0.25, -0.2) is 13.1 Å². The predicted octanol–water partition coefficient (Wildman–Crippen LogP) is 0.182. The van der Waals surface area contributed by atoms with Crippen LogP contribution in [0.2, 0.25) is 0 Å². The quantitative estimate of drug-likeness (QED) is 0.616. The van der Waals surface area contributed by atoms with Crippen molar-refractivity contribution >= 4 is 32.4 Å². The van der Waals surface area contributed by atoms with Crippen LogP contribution in [0.5, 0.6) is 0 Å². The average Bonchev–Trinajstić information content (AvgIpc) is 2.75. The number of sulfonamides is 1. The largest absolute Gasteiger partial charge is 0.395 e. The molecule has 8 nitrogen and oxygen atoms in total. The Morgan fingerprint density at radius 2 is 2.05 bits per heavy atom. The number of nitrogens with zero attached hydrogens (tertiary/aromatic N) is 2. The van der Waals surface area contributed by atoms with Crippen molar-refractivity contribution in [1.29, 1.82) is 0 Å². The predicted molar refractivity (Wildman–Crippen MR) is 74.9 cm³/mol. The third kappa shape index (κ3) is 5.12. The molecule has 1 aromatic rings. The number of hydrogen-bond acceptors (Lipinski definition) is 7. The van der Waals surface area contributed by atoms with Crippen LogP contribution in [-0.4, -0.2) is 42.3 Å². The van der Waals surface area contributed by atoms with Crippen LogP contribution in [0.1, 0.15) is 27.2 Å². The molecule has 0 radical (unpaired) electrons. The third-order valence-electron chi connectivity index (χ3n) is 2.22. The van der Waals surface area contributed by atoms with Gasteiger partial charge in [0.2, 0.25) is 15.4 Å². The zero-order valence-electron chi connectivity index (χ0n) is 11.5. The maximum absolute atomic E-state index is 12.1. The Bertz CT molecular complexity index is 555. The van der Waals surface area contributed by atoms with Crippen molar-refractivity contribution in [2.75, 3.05) is 11.9 Å². The van der Waals surface area contributed by atoms with Gasteiger partial charge in [0, 0.05) is 13.0 Å². The normalized spacial score (nSPS) is 13.4. The molecule has 0 aromatic carbocycles. The number of aliphatic hydroxyl groups is 1. The lowest BCUT2D eigenvalue weighted by Gasteiger charge is -2.16. The van der Waals surface area contributed by atoms with E-state index in [1.165, 1.54) is 6.92 Å². The van der Waals surface area contributed by atoms with Gasteiger partial charge < -0.3 is 10.4 Å². The summed E-state index contributed by atoms with van der Waals surface area (Å²) >= 11 is 0.753. The van der Waals surface area contributed by atoms with E-state index in [0.29, 0.717) is 6.42 Å². The van der Waals surface area contributed by atoms with E-state index in [4.69, 9.17) is 0 Å². The number of carbonyl (C=O) groups is 1. The fraction of sp³-hybridized carbons (Fsp3) is 0.700. The number of hydrogen-bond donors (Lipinski definition) is 3. The smallest absolute Gasteiger partial charge is 0.270 e. The van der Waals surface area contributed by atoms with Crippen LogP contribution in [0.25, 0.3) is 0 Å². The molecule has 10 heteroatoms. The van der Waals surface area contributed by atoms with Crippen molar-refractivity contribution < 1.29 is 18.3 Å². The minimum Gasteiger partial charge on any atom is -0.395 e. The van der Waals surface area contributed by atoms with E-state index in [-0.39, 0.29) is 27.9 Å². The van der Waals surface area contributed by atoms with E-state index in [2.05, 4.69) is 20.2 Å². The molecule has 114 valence electrons. The summed E-state index contributed by atoms with van der Waals surface area (Å²) < 4.78 is 26.2. The van der Waals surface area contributed by atoms with E-state index in [1.54, 1.807) is 0 Å². The molecule has 0 bridgehead atoms. The Hall–Kier alpha value is -1.10. The minimum absolute atomic E-state index is 0.113. The van der Waals surface area contributed by atoms with Crippen molar-refractivity contribution in [3.63, 3.8) is 0 Å². The second kappa shape index (κ2) is 7.07. The highest BCUT2D eigenvalue weighted by molar-refractivity contribution is 7.91. The summed E-state index contributed by atoms with van der Waals surface area (Å²) in [5, 5.41) is 18.8. The third-order valence-corrected chi connectivity index (χ3v) is 4.94. The molecule has 0 aliphatic rings. The van der Waals surface area contributed by atoms with Gasteiger partial charge in [-0.1, -0.05) is 25.2 Å². The topological polar surface area (TPSA) is 121 Å². The lowest BCUT2D eigenvalue weighted by Crippen LogP contribution is -2.38.